The molecular weight excluding hydrogens is 336 g/mol. The summed E-state index contributed by atoms with van der Waals surface area (Å²) in [4.78, 5) is 24.7. The number of hydrogen-bond donors (Lipinski definition) is 2. The molecular formula is C20H22O6. The van der Waals surface area contributed by atoms with E-state index < -0.39 is 30.4 Å². The van der Waals surface area contributed by atoms with Gasteiger partial charge in [-0.25, -0.2) is 9.59 Å². The van der Waals surface area contributed by atoms with Crippen LogP contribution in [0.1, 0.15) is 40.5 Å². The van der Waals surface area contributed by atoms with Gasteiger partial charge in [0.1, 0.15) is 0 Å². The highest BCUT2D eigenvalue weighted by Crippen LogP contribution is 2.28. The number of carbonyl (C=O) groups is 2. The number of ether oxygens (including phenoxy) is 2. The Kier molecular flexibility index (Phi) is 6.89. The van der Waals surface area contributed by atoms with Gasteiger partial charge in [0.15, 0.2) is 0 Å². The van der Waals surface area contributed by atoms with Crippen LogP contribution in [0.15, 0.2) is 60.7 Å². The lowest BCUT2D eigenvalue weighted by atomic mass is 10.0. The van der Waals surface area contributed by atoms with Crippen molar-refractivity contribution in [2.45, 2.75) is 25.7 Å². The maximum Gasteiger partial charge on any atom is 0.379 e. The zero-order valence-corrected chi connectivity index (χ0v) is 14.5. The van der Waals surface area contributed by atoms with Crippen molar-refractivity contribution in [3.8, 4) is 0 Å². The fourth-order valence-electron chi connectivity index (χ4n) is 2.46. The highest BCUT2D eigenvalue weighted by atomic mass is 16.8. The molecule has 0 aliphatic carbocycles. The van der Waals surface area contributed by atoms with E-state index in [-0.39, 0.29) is 17.5 Å². The fraction of sp³-hybridized carbons (Fsp3) is 0.300. The average Bonchev–Trinajstić information content (AvgIpc) is 2.67. The summed E-state index contributed by atoms with van der Waals surface area (Å²) in [6.45, 7) is 1.32. The minimum Gasteiger partial charge on any atom is -0.396 e. The molecule has 0 heterocycles. The number of esters is 2. The number of rotatable bonds is 8. The number of carbonyl (C=O) groups excluding carboxylic acids is 2. The van der Waals surface area contributed by atoms with E-state index in [1.54, 1.807) is 36.4 Å². The van der Waals surface area contributed by atoms with Gasteiger partial charge < -0.3 is 19.7 Å². The topological polar surface area (TPSA) is 93.1 Å². The monoisotopic (exact) mass is 358 g/mol. The van der Waals surface area contributed by atoms with Gasteiger partial charge in [-0.1, -0.05) is 49.7 Å². The van der Waals surface area contributed by atoms with E-state index in [2.05, 4.69) is 0 Å². The highest BCUT2D eigenvalue weighted by molar-refractivity contribution is 5.91. The van der Waals surface area contributed by atoms with Crippen LogP contribution in [0.2, 0.25) is 0 Å². The molecule has 0 saturated carbocycles. The van der Waals surface area contributed by atoms with Crippen molar-refractivity contribution in [2.24, 2.45) is 5.92 Å². The van der Waals surface area contributed by atoms with Gasteiger partial charge in [-0.05, 0) is 30.7 Å². The summed E-state index contributed by atoms with van der Waals surface area (Å²) in [7, 11) is 0. The third-order valence-electron chi connectivity index (χ3n) is 3.87. The molecule has 0 aliphatic heterocycles. The minimum absolute atomic E-state index is 0.190. The van der Waals surface area contributed by atoms with Gasteiger partial charge in [0.2, 0.25) is 0 Å². The first kappa shape index (κ1) is 19.6. The van der Waals surface area contributed by atoms with Crippen LogP contribution in [0.3, 0.4) is 0 Å². The molecule has 2 rings (SSSR count). The molecule has 2 aromatic carbocycles. The molecule has 1 unspecified atom stereocenters. The average molecular weight is 358 g/mol. The second-order valence-corrected chi connectivity index (χ2v) is 5.81. The van der Waals surface area contributed by atoms with Crippen molar-refractivity contribution < 1.29 is 29.3 Å². The Morgan fingerprint density at radius 2 is 1.35 bits per heavy atom. The Hall–Kier alpha value is -2.70. The third-order valence-corrected chi connectivity index (χ3v) is 3.87. The van der Waals surface area contributed by atoms with Crippen LogP contribution in [0.5, 0.6) is 0 Å². The van der Waals surface area contributed by atoms with Crippen molar-refractivity contribution in [2.75, 3.05) is 6.61 Å². The Morgan fingerprint density at radius 1 is 0.923 bits per heavy atom. The lowest BCUT2D eigenvalue weighted by Gasteiger charge is -2.33. The number of aliphatic hydroxyl groups is 2. The number of aliphatic hydroxyl groups excluding tert-OH is 1. The Bertz CT molecular complexity index is 660. The zero-order chi connectivity index (χ0) is 19.0. The maximum absolute atomic E-state index is 12.3. The van der Waals surface area contributed by atoms with Crippen molar-refractivity contribution in [3.05, 3.63) is 71.8 Å². The summed E-state index contributed by atoms with van der Waals surface area (Å²) >= 11 is 0. The van der Waals surface area contributed by atoms with Crippen LogP contribution in [0.25, 0.3) is 0 Å². The van der Waals surface area contributed by atoms with E-state index in [9.17, 15) is 19.8 Å². The zero-order valence-electron chi connectivity index (χ0n) is 14.5. The molecule has 0 bridgehead atoms. The quantitative estimate of drug-likeness (QED) is 0.557. The fourth-order valence-corrected chi connectivity index (χ4v) is 2.46. The smallest absolute Gasteiger partial charge is 0.379 e. The lowest BCUT2D eigenvalue weighted by molar-refractivity contribution is -0.337. The minimum atomic E-state index is -2.58. The van der Waals surface area contributed by atoms with Crippen LogP contribution in [-0.2, 0) is 9.47 Å². The first-order valence-electron chi connectivity index (χ1n) is 8.40. The Morgan fingerprint density at radius 3 is 1.69 bits per heavy atom. The van der Waals surface area contributed by atoms with Gasteiger partial charge in [-0.3, -0.25) is 0 Å². The molecule has 6 nitrogen and oxygen atoms in total. The largest absolute Gasteiger partial charge is 0.396 e. The maximum atomic E-state index is 12.3. The summed E-state index contributed by atoms with van der Waals surface area (Å²) in [6.07, 6.45) is 0.871. The molecule has 2 N–H and O–H groups in total. The van der Waals surface area contributed by atoms with Gasteiger partial charge in [0.25, 0.3) is 0 Å². The second-order valence-electron chi connectivity index (χ2n) is 5.81. The van der Waals surface area contributed by atoms with Crippen molar-refractivity contribution in [1.29, 1.82) is 0 Å². The van der Waals surface area contributed by atoms with Gasteiger partial charge in [-0.15, -0.1) is 0 Å². The van der Waals surface area contributed by atoms with Crippen molar-refractivity contribution in [1.82, 2.24) is 0 Å². The normalized spacial score (nSPS) is 12.3. The van der Waals surface area contributed by atoms with E-state index in [1.165, 1.54) is 24.3 Å². The molecule has 0 spiro atoms. The van der Waals surface area contributed by atoms with Crippen molar-refractivity contribution >= 4 is 11.9 Å². The molecule has 138 valence electrons. The van der Waals surface area contributed by atoms with Crippen LogP contribution in [-0.4, -0.2) is 34.7 Å². The van der Waals surface area contributed by atoms with E-state index >= 15 is 0 Å². The standard InChI is InChI=1S/C20H22O6/c1-2-9-17(14-21)20(24,25-18(22)15-10-5-3-6-11-15)26-19(23)16-12-7-4-8-13-16/h3-8,10-13,17,21,24H,2,9,14H2,1H3. The third kappa shape index (κ3) is 4.91. The van der Waals surface area contributed by atoms with E-state index in [4.69, 9.17) is 9.47 Å². The number of benzene rings is 2. The Labute approximate surface area is 152 Å². The first-order valence-corrected chi connectivity index (χ1v) is 8.40. The predicted molar refractivity (Wildman–Crippen MR) is 94.1 cm³/mol. The summed E-state index contributed by atoms with van der Waals surface area (Å²) in [5, 5.41) is 20.4. The highest BCUT2D eigenvalue weighted by Gasteiger charge is 2.45. The molecule has 1 atom stereocenters. The molecule has 6 heteroatoms. The molecule has 0 aromatic heterocycles. The second kappa shape index (κ2) is 9.12. The van der Waals surface area contributed by atoms with Gasteiger partial charge in [0.05, 0.1) is 23.7 Å². The summed E-state index contributed by atoms with van der Waals surface area (Å²) < 4.78 is 10.3. The van der Waals surface area contributed by atoms with E-state index in [0.29, 0.717) is 6.42 Å². The van der Waals surface area contributed by atoms with Gasteiger partial charge in [0, 0.05) is 0 Å². The SMILES string of the molecule is CCCC(CO)C(O)(OC(=O)c1ccccc1)OC(=O)c1ccccc1. The van der Waals surface area contributed by atoms with Crippen LogP contribution in [0, 0.1) is 5.92 Å². The number of hydrogen-bond acceptors (Lipinski definition) is 6. The van der Waals surface area contributed by atoms with Crippen LogP contribution in [0.4, 0.5) is 0 Å². The first-order chi connectivity index (χ1) is 12.5. The van der Waals surface area contributed by atoms with E-state index in [1.807, 2.05) is 6.92 Å². The van der Waals surface area contributed by atoms with Gasteiger partial charge >= 0.3 is 17.9 Å². The summed E-state index contributed by atoms with van der Waals surface area (Å²) in [5.41, 5.74) is 0.379. The molecule has 2 aromatic rings. The molecule has 26 heavy (non-hydrogen) atoms. The summed E-state index contributed by atoms with van der Waals surface area (Å²) in [6, 6.07) is 16.1. The van der Waals surface area contributed by atoms with Crippen LogP contribution < -0.4 is 0 Å². The molecule has 0 amide bonds. The Balaban J connectivity index is 2.26. The van der Waals surface area contributed by atoms with Gasteiger partial charge in [-0.2, -0.15) is 0 Å². The van der Waals surface area contributed by atoms with Crippen LogP contribution >= 0.6 is 0 Å². The molecule has 0 radical (unpaired) electrons. The molecule has 0 aliphatic rings. The van der Waals surface area contributed by atoms with Crippen molar-refractivity contribution in [3.63, 3.8) is 0 Å². The summed E-state index contributed by atoms with van der Waals surface area (Å²) in [5.74, 6) is -5.27. The van der Waals surface area contributed by atoms with E-state index in [0.717, 1.165) is 0 Å². The molecule has 0 fully saturated rings. The lowest BCUT2D eigenvalue weighted by Crippen LogP contribution is -2.48. The predicted octanol–water partition coefficient (Wildman–Crippen LogP) is 2.76. The molecule has 0 saturated heterocycles.